The summed E-state index contributed by atoms with van der Waals surface area (Å²) in [7, 11) is 11.6. The Bertz CT molecular complexity index is 384. The molecule has 0 radical (unpaired) electrons. The third-order valence-corrected chi connectivity index (χ3v) is 3.63. The summed E-state index contributed by atoms with van der Waals surface area (Å²) in [6.45, 7) is 1.57. The Morgan fingerprint density at radius 3 is 2.73 bits per heavy atom. The van der Waals surface area contributed by atoms with Crippen LogP contribution in [0.2, 0.25) is 0 Å². The van der Waals surface area contributed by atoms with Crippen molar-refractivity contribution in [2.45, 2.75) is 13.3 Å². The van der Waals surface area contributed by atoms with Gasteiger partial charge < -0.3 is 0 Å². The fraction of sp³-hybridized carbons (Fsp3) is 0.182. The van der Waals surface area contributed by atoms with E-state index < -0.39 is 13.5 Å². The van der Waals surface area contributed by atoms with E-state index in [0.29, 0.717) is 6.42 Å². The van der Waals surface area contributed by atoms with Crippen molar-refractivity contribution in [2.24, 2.45) is 0 Å². The van der Waals surface area contributed by atoms with Gasteiger partial charge in [0.15, 0.2) is 0 Å². The first-order chi connectivity index (χ1) is 7.09. The first kappa shape index (κ1) is 12.9. The molecule has 82 valence electrons. The zero-order chi connectivity index (χ0) is 11.3. The van der Waals surface area contributed by atoms with Crippen LogP contribution in [0.5, 0.6) is 0 Å². The Hall–Kier alpha value is -0.167. The van der Waals surface area contributed by atoms with E-state index in [2.05, 4.69) is 0 Å². The predicted molar refractivity (Wildman–Crippen MR) is 62.0 cm³/mol. The predicted octanol–water partition coefficient (Wildman–Crippen LogP) is 3.29. The van der Waals surface area contributed by atoms with Crippen molar-refractivity contribution in [3.63, 3.8) is 0 Å². The summed E-state index contributed by atoms with van der Waals surface area (Å²) in [5.74, 6) is 0.149. The van der Waals surface area contributed by atoms with Gasteiger partial charge in [-0.25, -0.2) is 0 Å². The standard InChI is InChI=1S/C11H11O.2ClH.Ru/c1-9-5-3-4-6-11(9)8-7-10(2)12;;;/h1,3-6,8H,7H2,2H3;2*1H;/q+1;;;+2/p-2. The Balaban J connectivity index is 2.86. The third kappa shape index (κ3) is 4.92. The number of hydrogen-bond donors (Lipinski definition) is 0. The normalized spacial score (nSPS) is 10.7. The van der Waals surface area contributed by atoms with Gasteiger partial charge in [-0.05, 0) is 0 Å². The number of carbonyl (C=O) groups excluding carboxylic acids is 1. The Labute approximate surface area is 103 Å². The topological polar surface area (TPSA) is 17.1 Å². The summed E-state index contributed by atoms with van der Waals surface area (Å²) in [6.07, 6.45) is 2.35. The van der Waals surface area contributed by atoms with Crippen LogP contribution < -0.4 is 0 Å². The van der Waals surface area contributed by atoms with Crippen molar-refractivity contribution in [1.82, 2.24) is 0 Å². The van der Waals surface area contributed by atoms with Crippen LogP contribution in [-0.4, -0.2) is 10.4 Å². The van der Waals surface area contributed by atoms with E-state index in [4.69, 9.17) is 19.4 Å². The van der Waals surface area contributed by atoms with Crippen LogP contribution in [0.4, 0.5) is 0 Å². The number of halogens is 2. The zero-order valence-corrected chi connectivity index (χ0v) is 11.4. The van der Waals surface area contributed by atoms with Gasteiger partial charge in [0.1, 0.15) is 0 Å². The minimum absolute atomic E-state index is 0.149. The van der Waals surface area contributed by atoms with Gasteiger partial charge in [-0.2, -0.15) is 0 Å². The molecule has 0 atom stereocenters. The van der Waals surface area contributed by atoms with Crippen molar-refractivity contribution in [2.75, 3.05) is 0 Å². The molecule has 1 rings (SSSR count). The van der Waals surface area contributed by atoms with E-state index in [0.717, 1.165) is 11.1 Å². The monoisotopic (exact) mass is 331 g/mol. The summed E-state index contributed by atoms with van der Waals surface area (Å²) in [5, 5.41) is 0. The van der Waals surface area contributed by atoms with Gasteiger partial charge in [0.05, 0.1) is 0 Å². The van der Waals surface area contributed by atoms with Crippen LogP contribution in [0.15, 0.2) is 24.3 Å². The second-order valence-electron chi connectivity index (χ2n) is 3.05. The van der Waals surface area contributed by atoms with Gasteiger partial charge in [0, 0.05) is 0 Å². The van der Waals surface area contributed by atoms with Crippen molar-refractivity contribution in [1.29, 1.82) is 0 Å². The SMILES string of the molecule is CC(=O)C[CH+]c1ccccc1[CH]=[Ru]([Cl])[Cl]. The van der Waals surface area contributed by atoms with Gasteiger partial charge in [0.25, 0.3) is 0 Å². The first-order valence-corrected chi connectivity index (χ1v) is 9.82. The number of rotatable bonds is 4. The number of hydrogen-bond acceptors (Lipinski definition) is 1. The van der Waals surface area contributed by atoms with Gasteiger partial charge in [0.2, 0.25) is 0 Å². The molecule has 0 fully saturated rings. The maximum atomic E-state index is 10.9. The van der Waals surface area contributed by atoms with Gasteiger partial charge in [-0.3, -0.25) is 0 Å². The quantitative estimate of drug-likeness (QED) is 0.611. The van der Waals surface area contributed by atoms with E-state index in [9.17, 15) is 4.79 Å². The Morgan fingerprint density at radius 1 is 1.47 bits per heavy atom. The molecular formula is C11H11Cl2ORu+. The van der Waals surface area contributed by atoms with Gasteiger partial charge in [-0.15, -0.1) is 0 Å². The molecule has 0 heterocycles. The molecular weight excluding hydrogens is 320 g/mol. The molecule has 15 heavy (non-hydrogen) atoms. The molecule has 0 aliphatic heterocycles. The average Bonchev–Trinajstić information content (AvgIpc) is 2.15. The van der Waals surface area contributed by atoms with E-state index in [1.807, 2.05) is 35.3 Å². The Kier molecular flexibility index (Phi) is 5.52. The second kappa shape index (κ2) is 6.42. The van der Waals surface area contributed by atoms with Crippen LogP contribution in [0.25, 0.3) is 0 Å². The van der Waals surface area contributed by atoms with E-state index in [1.54, 1.807) is 6.92 Å². The molecule has 0 aromatic heterocycles. The minimum atomic E-state index is -1.80. The molecule has 4 heteroatoms. The molecule has 0 bridgehead atoms. The molecule has 0 saturated heterocycles. The summed E-state index contributed by atoms with van der Waals surface area (Å²) in [6, 6.07) is 7.78. The fourth-order valence-electron chi connectivity index (χ4n) is 1.13. The second-order valence-corrected chi connectivity index (χ2v) is 8.77. The molecule has 1 aromatic carbocycles. The van der Waals surface area contributed by atoms with Crippen molar-refractivity contribution in [3.8, 4) is 0 Å². The molecule has 0 N–H and O–H groups in total. The summed E-state index contributed by atoms with van der Waals surface area (Å²) in [4.78, 5) is 10.9. The molecule has 1 aromatic rings. The number of benzene rings is 1. The van der Waals surface area contributed by atoms with Gasteiger partial charge >= 0.3 is 103 Å². The number of Topliss-reactive ketones (excluding diaryl/α,β-unsaturated/α-hetero) is 1. The van der Waals surface area contributed by atoms with E-state index in [-0.39, 0.29) is 5.78 Å². The molecule has 1 nitrogen and oxygen atoms in total. The number of ketones is 1. The molecule has 0 amide bonds. The van der Waals surface area contributed by atoms with Gasteiger partial charge in [-0.1, -0.05) is 0 Å². The van der Waals surface area contributed by atoms with Crippen molar-refractivity contribution in [3.05, 3.63) is 41.8 Å². The average molecular weight is 331 g/mol. The fourth-order valence-corrected chi connectivity index (χ4v) is 2.98. The Morgan fingerprint density at radius 2 is 2.13 bits per heavy atom. The van der Waals surface area contributed by atoms with Crippen LogP contribution in [0.3, 0.4) is 0 Å². The van der Waals surface area contributed by atoms with Crippen molar-refractivity contribution >= 4 is 29.8 Å². The molecule has 0 aliphatic carbocycles. The zero-order valence-electron chi connectivity index (χ0n) is 8.19. The van der Waals surface area contributed by atoms with Crippen molar-refractivity contribution < 1.29 is 18.3 Å². The summed E-state index contributed by atoms with van der Waals surface area (Å²) < 4.78 is 1.89. The first-order valence-electron chi connectivity index (χ1n) is 4.34. The third-order valence-electron chi connectivity index (χ3n) is 1.79. The summed E-state index contributed by atoms with van der Waals surface area (Å²) >= 11 is -1.80. The number of carbonyl (C=O) groups is 1. The molecule has 0 unspecified atom stereocenters. The van der Waals surface area contributed by atoms with E-state index in [1.165, 1.54) is 0 Å². The van der Waals surface area contributed by atoms with Crippen LogP contribution in [0, 0.1) is 6.42 Å². The maximum absolute atomic E-state index is 10.9. The van der Waals surface area contributed by atoms with Crippen LogP contribution in [0.1, 0.15) is 24.5 Å². The molecule has 0 aliphatic rings. The van der Waals surface area contributed by atoms with Crippen LogP contribution in [-0.2, 0) is 18.3 Å². The molecule has 0 saturated carbocycles. The van der Waals surface area contributed by atoms with Crippen LogP contribution >= 0.6 is 19.4 Å². The van der Waals surface area contributed by atoms with E-state index >= 15 is 0 Å². The summed E-state index contributed by atoms with van der Waals surface area (Å²) in [5.41, 5.74) is 2.04. The molecule has 0 spiro atoms.